The lowest BCUT2D eigenvalue weighted by Crippen LogP contribution is -2.46. The third kappa shape index (κ3) is 4.91. The number of esters is 1. The second kappa shape index (κ2) is 8.60. The Morgan fingerprint density at radius 2 is 1.78 bits per heavy atom. The molecule has 0 atom stereocenters. The van der Waals surface area contributed by atoms with Crippen LogP contribution in [0, 0.1) is 0 Å². The minimum Gasteiger partial charge on any atom is -0.462 e. The van der Waals surface area contributed by atoms with Gasteiger partial charge >= 0.3 is 18.1 Å². The first-order valence-corrected chi connectivity index (χ1v) is 8.82. The molecule has 2 rings (SSSR count). The smallest absolute Gasteiger partial charge is 0.462 e. The number of carbonyl (C=O) groups excluding carboxylic acids is 2. The number of anilines is 2. The highest BCUT2D eigenvalue weighted by molar-refractivity contribution is 6.01. The van der Waals surface area contributed by atoms with Gasteiger partial charge in [0, 0.05) is 38.9 Å². The molecule has 9 heteroatoms. The van der Waals surface area contributed by atoms with E-state index in [1.807, 2.05) is 4.90 Å². The largest absolute Gasteiger partial charge is 0.471 e. The lowest BCUT2D eigenvalue weighted by molar-refractivity contribution is -0.170. The van der Waals surface area contributed by atoms with Gasteiger partial charge in [0.15, 0.2) is 0 Å². The molecule has 1 fully saturated rings. The van der Waals surface area contributed by atoms with E-state index < -0.39 is 18.1 Å². The number of carbonyl (C=O) groups is 2. The minimum absolute atomic E-state index is 0.0173. The quantitative estimate of drug-likeness (QED) is 0.727. The Bertz CT molecular complexity index is 686. The lowest BCUT2D eigenvalue weighted by Gasteiger charge is -2.36. The van der Waals surface area contributed by atoms with Crippen LogP contribution < -0.4 is 9.80 Å². The first kappa shape index (κ1) is 21.0. The maximum atomic E-state index is 12.7. The molecule has 150 valence electrons. The summed E-state index contributed by atoms with van der Waals surface area (Å²) in [6.45, 7) is 7.84. The number of piperazine rings is 1. The average Bonchev–Trinajstić information content (AvgIpc) is 2.66. The normalized spacial score (nSPS) is 15.6. The third-order valence-corrected chi connectivity index (χ3v) is 4.57. The van der Waals surface area contributed by atoms with Crippen molar-refractivity contribution in [3.05, 3.63) is 23.8 Å². The van der Waals surface area contributed by atoms with Gasteiger partial charge in [-0.2, -0.15) is 13.2 Å². The van der Waals surface area contributed by atoms with Crippen molar-refractivity contribution < 1.29 is 27.5 Å². The molecule has 0 saturated carbocycles. The molecule has 0 aromatic heterocycles. The number of halogens is 3. The first-order valence-electron chi connectivity index (χ1n) is 8.82. The molecule has 1 aliphatic heterocycles. The van der Waals surface area contributed by atoms with Gasteiger partial charge in [0.25, 0.3) is 0 Å². The topological polar surface area (TPSA) is 53.1 Å². The molecular formula is C18H24F3N3O3. The number of likely N-dealkylation sites (N-methyl/N-ethyl adjacent to an activating group) is 1. The fourth-order valence-electron chi connectivity index (χ4n) is 2.99. The summed E-state index contributed by atoms with van der Waals surface area (Å²) in [4.78, 5) is 28.6. The highest BCUT2D eigenvalue weighted by Gasteiger charge is 2.42. The van der Waals surface area contributed by atoms with E-state index >= 15 is 0 Å². The Morgan fingerprint density at radius 1 is 1.15 bits per heavy atom. The zero-order valence-corrected chi connectivity index (χ0v) is 15.7. The van der Waals surface area contributed by atoms with Crippen LogP contribution in [-0.2, 0) is 9.53 Å². The number of hydrogen-bond donors (Lipinski definition) is 0. The number of hydrogen-bond acceptors (Lipinski definition) is 5. The van der Waals surface area contributed by atoms with Crippen LogP contribution in [0.15, 0.2) is 18.2 Å². The van der Waals surface area contributed by atoms with Crippen LogP contribution in [0.1, 0.15) is 24.2 Å². The van der Waals surface area contributed by atoms with E-state index in [0.29, 0.717) is 23.7 Å². The molecule has 1 heterocycles. The van der Waals surface area contributed by atoms with Crippen LogP contribution in [-0.4, -0.2) is 69.3 Å². The van der Waals surface area contributed by atoms with Crippen molar-refractivity contribution in [1.29, 1.82) is 0 Å². The molecule has 1 aromatic carbocycles. The molecule has 0 aliphatic carbocycles. The van der Waals surface area contributed by atoms with Crippen LogP contribution in [0.3, 0.4) is 0 Å². The maximum Gasteiger partial charge on any atom is 0.471 e. The SMILES string of the molecule is CCOC(=O)c1cc(N(C)C(=O)C(F)(F)F)ccc1N1CCN(CC)CC1. The van der Waals surface area contributed by atoms with Gasteiger partial charge in [-0.3, -0.25) is 4.79 Å². The third-order valence-electron chi connectivity index (χ3n) is 4.57. The molecule has 1 aliphatic rings. The standard InChI is InChI=1S/C18H24F3N3O3/c1-4-23-8-10-24(11-9-23)15-7-6-13(12-14(15)16(25)27-5-2)22(3)17(26)18(19,20)21/h6-7,12H,4-5,8-11H2,1-3H3. The molecule has 0 bridgehead atoms. The molecule has 0 N–H and O–H groups in total. The van der Waals surface area contributed by atoms with E-state index in [1.54, 1.807) is 13.0 Å². The van der Waals surface area contributed by atoms with Gasteiger partial charge in [0.05, 0.1) is 17.9 Å². The number of amides is 1. The number of rotatable bonds is 5. The van der Waals surface area contributed by atoms with Crippen LogP contribution in [0.2, 0.25) is 0 Å². The molecular weight excluding hydrogens is 363 g/mol. The Hall–Kier alpha value is -2.29. The van der Waals surface area contributed by atoms with Crippen molar-refractivity contribution in [1.82, 2.24) is 4.90 Å². The predicted octanol–water partition coefficient (Wildman–Crippen LogP) is 2.53. The lowest BCUT2D eigenvalue weighted by atomic mass is 10.1. The summed E-state index contributed by atoms with van der Waals surface area (Å²) in [5.74, 6) is -2.62. The Kier molecular flexibility index (Phi) is 6.69. The summed E-state index contributed by atoms with van der Waals surface area (Å²) in [6, 6.07) is 4.26. The average molecular weight is 387 g/mol. The molecule has 0 radical (unpaired) electrons. The molecule has 0 unspecified atom stereocenters. The van der Waals surface area contributed by atoms with E-state index in [9.17, 15) is 22.8 Å². The van der Waals surface area contributed by atoms with Crippen LogP contribution >= 0.6 is 0 Å². The maximum absolute atomic E-state index is 12.7. The summed E-state index contributed by atoms with van der Waals surface area (Å²) in [5.41, 5.74) is 0.734. The van der Waals surface area contributed by atoms with Gasteiger partial charge in [-0.25, -0.2) is 4.79 Å². The van der Waals surface area contributed by atoms with Gasteiger partial charge in [-0.05, 0) is 31.7 Å². The monoisotopic (exact) mass is 387 g/mol. The number of ether oxygens (including phenoxy) is 1. The zero-order chi connectivity index (χ0) is 20.2. The van der Waals surface area contributed by atoms with E-state index in [2.05, 4.69) is 11.8 Å². The highest BCUT2D eigenvalue weighted by Crippen LogP contribution is 2.29. The summed E-state index contributed by atoms with van der Waals surface area (Å²) in [7, 11) is 1.03. The van der Waals surface area contributed by atoms with Crippen LogP contribution in [0.4, 0.5) is 24.5 Å². The second-order valence-corrected chi connectivity index (χ2v) is 6.21. The van der Waals surface area contributed by atoms with Crippen molar-refractivity contribution in [2.75, 3.05) is 56.2 Å². The molecule has 0 spiro atoms. The van der Waals surface area contributed by atoms with Gasteiger partial charge in [0.2, 0.25) is 0 Å². The molecule has 1 amide bonds. The molecule has 1 aromatic rings. The second-order valence-electron chi connectivity index (χ2n) is 6.21. The summed E-state index contributed by atoms with van der Waals surface area (Å²) >= 11 is 0. The number of alkyl halides is 3. The van der Waals surface area contributed by atoms with Gasteiger partial charge in [-0.1, -0.05) is 6.92 Å². The van der Waals surface area contributed by atoms with Gasteiger partial charge in [0.1, 0.15) is 0 Å². The molecule has 1 saturated heterocycles. The van der Waals surface area contributed by atoms with Crippen LogP contribution in [0.25, 0.3) is 0 Å². The van der Waals surface area contributed by atoms with Crippen molar-refractivity contribution in [2.45, 2.75) is 20.0 Å². The van der Waals surface area contributed by atoms with Crippen molar-refractivity contribution in [3.8, 4) is 0 Å². The van der Waals surface area contributed by atoms with E-state index in [1.165, 1.54) is 12.1 Å². The predicted molar refractivity (Wildman–Crippen MR) is 96.2 cm³/mol. The Balaban J connectivity index is 2.35. The zero-order valence-electron chi connectivity index (χ0n) is 15.7. The van der Waals surface area contributed by atoms with E-state index in [4.69, 9.17) is 4.74 Å². The van der Waals surface area contributed by atoms with Gasteiger partial charge < -0.3 is 19.4 Å². The highest BCUT2D eigenvalue weighted by atomic mass is 19.4. The first-order chi connectivity index (χ1) is 12.7. The summed E-state index contributed by atoms with van der Waals surface area (Å²) < 4.78 is 43.2. The Morgan fingerprint density at radius 3 is 2.30 bits per heavy atom. The Labute approximate surface area is 156 Å². The van der Waals surface area contributed by atoms with Crippen molar-refractivity contribution in [2.24, 2.45) is 0 Å². The summed E-state index contributed by atoms with van der Waals surface area (Å²) in [5, 5.41) is 0. The van der Waals surface area contributed by atoms with Crippen molar-refractivity contribution in [3.63, 3.8) is 0 Å². The van der Waals surface area contributed by atoms with Crippen molar-refractivity contribution >= 4 is 23.3 Å². The summed E-state index contributed by atoms with van der Waals surface area (Å²) in [6.07, 6.45) is -4.99. The number of benzene rings is 1. The number of nitrogens with zero attached hydrogens (tertiary/aromatic N) is 3. The minimum atomic E-state index is -4.99. The molecule has 27 heavy (non-hydrogen) atoms. The molecule has 6 nitrogen and oxygen atoms in total. The van der Waals surface area contributed by atoms with Gasteiger partial charge in [-0.15, -0.1) is 0 Å². The van der Waals surface area contributed by atoms with E-state index in [0.717, 1.165) is 26.7 Å². The fourth-order valence-corrected chi connectivity index (χ4v) is 2.99. The van der Waals surface area contributed by atoms with Crippen LogP contribution in [0.5, 0.6) is 0 Å². The fraction of sp³-hybridized carbons (Fsp3) is 0.556. The van der Waals surface area contributed by atoms with E-state index in [-0.39, 0.29) is 17.9 Å².